The molecule has 0 aliphatic carbocycles. The normalized spacial score (nSPS) is 15.6. The largest absolute Gasteiger partial charge is 0.492 e. The first-order chi connectivity index (χ1) is 13.6. The van der Waals surface area contributed by atoms with Gasteiger partial charge in [-0.1, -0.05) is 47.7 Å². The number of rotatable bonds is 3. The van der Waals surface area contributed by atoms with E-state index in [1.807, 2.05) is 12.1 Å². The fourth-order valence-corrected chi connectivity index (χ4v) is 5.13. The van der Waals surface area contributed by atoms with Crippen LogP contribution in [0.3, 0.4) is 0 Å². The van der Waals surface area contributed by atoms with E-state index in [-0.39, 0.29) is 17.7 Å². The molecule has 0 bridgehead atoms. The van der Waals surface area contributed by atoms with Gasteiger partial charge in [-0.05, 0) is 42.2 Å². The van der Waals surface area contributed by atoms with Gasteiger partial charge in [0, 0.05) is 13.1 Å². The van der Waals surface area contributed by atoms with Crippen molar-refractivity contribution in [3.05, 3.63) is 81.7 Å². The van der Waals surface area contributed by atoms with E-state index >= 15 is 0 Å². The number of aromatic nitrogens is 3. The van der Waals surface area contributed by atoms with Crippen LogP contribution in [-0.2, 0) is 13.0 Å². The van der Waals surface area contributed by atoms with Crippen molar-refractivity contribution in [2.24, 2.45) is 0 Å². The zero-order valence-electron chi connectivity index (χ0n) is 15.3. The van der Waals surface area contributed by atoms with E-state index in [0.29, 0.717) is 10.8 Å². The minimum absolute atomic E-state index is 0.0775. The lowest BCUT2D eigenvalue weighted by Crippen LogP contribution is -2.34. The van der Waals surface area contributed by atoms with E-state index < -0.39 is 0 Å². The first-order valence-corrected chi connectivity index (χ1v) is 10.0. The van der Waals surface area contributed by atoms with E-state index in [2.05, 4.69) is 33.2 Å². The van der Waals surface area contributed by atoms with E-state index in [4.69, 9.17) is 0 Å². The van der Waals surface area contributed by atoms with Crippen LogP contribution in [0.4, 0.5) is 4.39 Å². The lowest BCUT2D eigenvalue weighted by atomic mass is 9.95. The van der Waals surface area contributed by atoms with Gasteiger partial charge in [-0.25, -0.2) is 9.37 Å². The van der Waals surface area contributed by atoms with Gasteiger partial charge < -0.3 is 5.11 Å². The molecule has 1 N–H and O–H groups in total. The molecule has 3 heterocycles. The van der Waals surface area contributed by atoms with Crippen molar-refractivity contribution in [1.82, 2.24) is 19.5 Å². The Kier molecular flexibility index (Phi) is 4.14. The molecule has 5 rings (SSSR count). The monoisotopic (exact) mass is 394 g/mol. The van der Waals surface area contributed by atoms with Crippen molar-refractivity contribution >= 4 is 16.3 Å². The van der Waals surface area contributed by atoms with Crippen LogP contribution in [0, 0.1) is 12.7 Å². The second-order valence-electron chi connectivity index (χ2n) is 7.09. The van der Waals surface area contributed by atoms with Crippen molar-refractivity contribution in [3.63, 3.8) is 0 Å². The van der Waals surface area contributed by atoms with Gasteiger partial charge in [-0.15, -0.1) is 5.10 Å². The predicted molar refractivity (Wildman–Crippen MR) is 106 cm³/mol. The molecule has 28 heavy (non-hydrogen) atoms. The molecule has 2 aromatic carbocycles. The highest BCUT2D eigenvalue weighted by Gasteiger charge is 2.31. The van der Waals surface area contributed by atoms with Crippen LogP contribution in [0.1, 0.15) is 33.4 Å². The molecule has 142 valence electrons. The zero-order chi connectivity index (χ0) is 19.3. The number of thiazole rings is 1. The highest BCUT2D eigenvalue weighted by Crippen LogP contribution is 2.41. The summed E-state index contributed by atoms with van der Waals surface area (Å²) in [6.07, 6.45) is 0.919. The third-order valence-electron chi connectivity index (χ3n) is 5.24. The number of benzene rings is 2. The molecule has 0 amide bonds. The highest BCUT2D eigenvalue weighted by molar-refractivity contribution is 7.17. The molecule has 2 aromatic heterocycles. The standard InChI is InChI=1S/C21H19FN4OS/c1-13-23-21-26(24-13)20(27)19(28-21)18(15-7-4-8-17(22)11-15)25-10-9-14-5-2-3-6-16(14)12-25/h2-8,11,18,27H,9-10,12H2,1H3/t18-/m1/s1. The summed E-state index contributed by atoms with van der Waals surface area (Å²) in [5.74, 6) is 0.408. The molecule has 4 aromatic rings. The maximum absolute atomic E-state index is 14.0. The van der Waals surface area contributed by atoms with Gasteiger partial charge in [0.1, 0.15) is 11.6 Å². The summed E-state index contributed by atoms with van der Waals surface area (Å²) in [6.45, 7) is 3.36. The van der Waals surface area contributed by atoms with Crippen molar-refractivity contribution in [2.45, 2.75) is 25.9 Å². The Bertz CT molecular complexity index is 1170. The average Bonchev–Trinajstić information content (AvgIpc) is 3.20. The van der Waals surface area contributed by atoms with Gasteiger partial charge in [-0.3, -0.25) is 4.90 Å². The molecule has 0 saturated carbocycles. The Hall–Kier alpha value is -2.77. The van der Waals surface area contributed by atoms with E-state index in [1.165, 1.54) is 33.0 Å². The summed E-state index contributed by atoms with van der Waals surface area (Å²) >= 11 is 1.40. The fourth-order valence-electron chi connectivity index (χ4n) is 3.97. The molecule has 0 spiro atoms. The molecular formula is C21H19FN4OS. The van der Waals surface area contributed by atoms with Gasteiger partial charge in [0.25, 0.3) is 0 Å². The van der Waals surface area contributed by atoms with Gasteiger partial charge >= 0.3 is 0 Å². The Morgan fingerprint density at radius 1 is 1.14 bits per heavy atom. The van der Waals surface area contributed by atoms with Gasteiger partial charge in [0.05, 0.1) is 10.9 Å². The lowest BCUT2D eigenvalue weighted by molar-refractivity contribution is 0.205. The summed E-state index contributed by atoms with van der Waals surface area (Å²) in [6, 6.07) is 14.8. The van der Waals surface area contributed by atoms with Crippen molar-refractivity contribution in [3.8, 4) is 5.88 Å². The van der Waals surface area contributed by atoms with Crippen LogP contribution in [0.25, 0.3) is 4.96 Å². The fraction of sp³-hybridized carbons (Fsp3) is 0.238. The summed E-state index contributed by atoms with van der Waals surface area (Å²) in [4.78, 5) is 8.05. The van der Waals surface area contributed by atoms with Gasteiger partial charge in [0.15, 0.2) is 0 Å². The number of aryl methyl sites for hydroxylation is 1. The second-order valence-corrected chi connectivity index (χ2v) is 8.10. The van der Waals surface area contributed by atoms with Crippen LogP contribution in [0.5, 0.6) is 5.88 Å². The summed E-state index contributed by atoms with van der Waals surface area (Å²) in [5.41, 5.74) is 3.43. The molecule has 0 unspecified atom stereocenters. The smallest absolute Gasteiger partial charge is 0.230 e. The number of hydrogen-bond acceptors (Lipinski definition) is 5. The third kappa shape index (κ3) is 2.87. The minimum Gasteiger partial charge on any atom is -0.492 e. The first-order valence-electron chi connectivity index (χ1n) is 9.21. The van der Waals surface area contributed by atoms with Crippen molar-refractivity contribution in [2.75, 3.05) is 6.54 Å². The minimum atomic E-state index is -0.283. The molecule has 7 heteroatoms. The molecule has 5 nitrogen and oxygen atoms in total. The van der Waals surface area contributed by atoms with Crippen LogP contribution in [0.2, 0.25) is 0 Å². The molecule has 0 saturated heterocycles. The molecule has 1 atom stereocenters. The van der Waals surface area contributed by atoms with Crippen LogP contribution < -0.4 is 0 Å². The maximum atomic E-state index is 14.0. The maximum Gasteiger partial charge on any atom is 0.230 e. The molecule has 0 fully saturated rings. The summed E-state index contributed by atoms with van der Waals surface area (Å²) < 4.78 is 15.5. The van der Waals surface area contributed by atoms with Crippen LogP contribution in [0.15, 0.2) is 48.5 Å². The number of fused-ring (bicyclic) bond motifs is 2. The third-order valence-corrected chi connectivity index (χ3v) is 6.32. The van der Waals surface area contributed by atoms with E-state index in [1.54, 1.807) is 19.1 Å². The van der Waals surface area contributed by atoms with Crippen LogP contribution >= 0.6 is 11.3 Å². The topological polar surface area (TPSA) is 53.7 Å². The Labute approximate surface area is 165 Å². The van der Waals surface area contributed by atoms with Crippen LogP contribution in [-0.4, -0.2) is 31.1 Å². The molecule has 1 aliphatic heterocycles. The van der Waals surface area contributed by atoms with Gasteiger partial charge in [-0.2, -0.15) is 4.52 Å². The highest BCUT2D eigenvalue weighted by atomic mass is 32.1. The van der Waals surface area contributed by atoms with Gasteiger partial charge in [0.2, 0.25) is 10.8 Å². The van der Waals surface area contributed by atoms with E-state index in [9.17, 15) is 9.50 Å². The SMILES string of the molecule is Cc1nc2sc([C@@H](c3cccc(F)c3)N3CCc4ccccc4C3)c(O)n2n1. The average molecular weight is 394 g/mol. The number of nitrogens with zero attached hydrogens (tertiary/aromatic N) is 4. The quantitative estimate of drug-likeness (QED) is 0.569. The molecule has 0 radical (unpaired) electrons. The lowest BCUT2D eigenvalue weighted by Gasteiger charge is -2.35. The Morgan fingerprint density at radius 2 is 1.96 bits per heavy atom. The number of halogens is 1. The second kappa shape index (κ2) is 6.68. The molecular weight excluding hydrogens is 375 g/mol. The van der Waals surface area contributed by atoms with Crippen molar-refractivity contribution in [1.29, 1.82) is 0 Å². The predicted octanol–water partition coefficient (Wildman–Crippen LogP) is 4.09. The summed E-state index contributed by atoms with van der Waals surface area (Å²) in [5, 5.41) is 15.2. The number of aromatic hydroxyl groups is 1. The number of hydrogen-bond donors (Lipinski definition) is 1. The Balaban J connectivity index is 1.63. The Morgan fingerprint density at radius 3 is 2.75 bits per heavy atom. The first kappa shape index (κ1) is 17.3. The van der Waals surface area contributed by atoms with Crippen molar-refractivity contribution < 1.29 is 9.50 Å². The zero-order valence-corrected chi connectivity index (χ0v) is 16.2. The van der Waals surface area contributed by atoms with E-state index in [0.717, 1.165) is 30.0 Å². The summed E-state index contributed by atoms with van der Waals surface area (Å²) in [7, 11) is 0. The molecule has 1 aliphatic rings.